The van der Waals surface area contributed by atoms with Gasteiger partial charge in [0.1, 0.15) is 5.75 Å². The highest BCUT2D eigenvalue weighted by Crippen LogP contribution is 2.18. The molecule has 0 aliphatic heterocycles. The van der Waals surface area contributed by atoms with E-state index in [9.17, 15) is 9.59 Å². The fraction of sp³-hybridized carbons (Fsp3) is 0.467. The fourth-order valence-electron chi connectivity index (χ4n) is 1.77. The van der Waals surface area contributed by atoms with Gasteiger partial charge in [0.25, 0.3) is 5.91 Å². The zero-order valence-corrected chi connectivity index (χ0v) is 13.1. The van der Waals surface area contributed by atoms with Crippen LogP contribution in [0, 0.1) is 5.92 Å². The highest BCUT2D eigenvalue weighted by Gasteiger charge is 2.20. The third kappa shape index (κ3) is 5.25. The molecule has 110 valence electrons. The number of rotatable bonds is 7. The van der Waals surface area contributed by atoms with Gasteiger partial charge in [0, 0.05) is 4.90 Å². The first-order valence-corrected chi connectivity index (χ1v) is 7.73. The first kappa shape index (κ1) is 16.6. The number of thioether (sulfide) groups is 1. The molecular formula is C15H21NO3S. The van der Waals surface area contributed by atoms with Gasteiger partial charge < -0.3 is 10.1 Å². The molecule has 0 bridgehead atoms. The van der Waals surface area contributed by atoms with Crippen LogP contribution >= 0.6 is 11.8 Å². The van der Waals surface area contributed by atoms with Crippen LogP contribution < -0.4 is 10.1 Å². The third-order valence-electron chi connectivity index (χ3n) is 2.85. The number of Topliss-reactive ketones (excluding diaryl/α,β-unsaturated/α-hetero) is 1. The van der Waals surface area contributed by atoms with E-state index in [1.807, 2.05) is 44.4 Å². The van der Waals surface area contributed by atoms with Crippen molar-refractivity contribution in [2.45, 2.75) is 31.7 Å². The van der Waals surface area contributed by atoms with Gasteiger partial charge in [-0.25, -0.2) is 0 Å². The Labute approximate surface area is 124 Å². The quantitative estimate of drug-likeness (QED) is 0.785. The second kappa shape index (κ2) is 7.94. The van der Waals surface area contributed by atoms with Crippen LogP contribution in [0.3, 0.4) is 0 Å². The van der Waals surface area contributed by atoms with Gasteiger partial charge in [0.05, 0.1) is 6.04 Å². The van der Waals surface area contributed by atoms with Crippen molar-refractivity contribution >= 4 is 23.5 Å². The summed E-state index contributed by atoms with van der Waals surface area (Å²) in [6.45, 7) is 5.19. The lowest BCUT2D eigenvalue weighted by atomic mass is 10.0. The molecule has 0 radical (unpaired) electrons. The van der Waals surface area contributed by atoms with Gasteiger partial charge in [-0.2, -0.15) is 0 Å². The van der Waals surface area contributed by atoms with E-state index in [-0.39, 0.29) is 24.2 Å². The SMILES string of the molecule is CSc1ccc(OCC(=O)NC(C(C)=O)C(C)C)cc1. The summed E-state index contributed by atoms with van der Waals surface area (Å²) in [6.07, 6.45) is 2.00. The Hall–Kier alpha value is -1.49. The minimum atomic E-state index is -0.454. The highest BCUT2D eigenvalue weighted by atomic mass is 32.2. The van der Waals surface area contributed by atoms with Crippen LogP contribution in [0.5, 0.6) is 5.75 Å². The Kier molecular flexibility index (Phi) is 6.58. The molecule has 5 heteroatoms. The van der Waals surface area contributed by atoms with Crippen molar-refractivity contribution in [2.75, 3.05) is 12.9 Å². The van der Waals surface area contributed by atoms with Crippen molar-refractivity contribution in [1.82, 2.24) is 5.32 Å². The Morgan fingerprint density at radius 1 is 1.25 bits per heavy atom. The average Bonchev–Trinajstić information content (AvgIpc) is 2.42. The van der Waals surface area contributed by atoms with Crippen molar-refractivity contribution in [1.29, 1.82) is 0 Å². The minimum Gasteiger partial charge on any atom is -0.484 e. The molecule has 0 aromatic heterocycles. The van der Waals surface area contributed by atoms with E-state index in [2.05, 4.69) is 5.32 Å². The molecule has 1 unspecified atom stereocenters. The fourth-order valence-corrected chi connectivity index (χ4v) is 2.18. The van der Waals surface area contributed by atoms with Gasteiger partial charge >= 0.3 is 0 Å². The van der Waals surface area contributed by atoms with E-state index in [1.165, 1.54) is 6.92 Å². The maximum Gasteiger partial charge on any atom is 0.258 e. The lowest BCUT2D eigenvalue weighted by Gasteiger charge is -2.19. The maximum atomic E-state index is 11.8. The molecular weight excluding hydrogens is 274 g/mol. The van der Waals surface area contributed by atoms with Crippen molar-refractivity contribution in [3.05, 3.63) is 24.3 Å². The lowest BCUT2D eigenvalue weighted by Crippen LogP contribution is -2.45. The van der Waals surface area contributed by atoms with Crippen LogP contribution in [-0.4, -0.2) is 30.6 Å². The molecule has 1 rings (SSSR count). The molecule has 0 saturated heterocycles. The summed E-state index contributed by atoms with van der Waals surface area (Å²) in [4.78, 5) is 24.3. The van der Waals surface area contributed by atoms with Crippen molar-refractivity contribution in [3.8, 4) is 5.75 Å². The molecule has 0 aliphatic rings. The predicted octanol–water partition coefficient (Wildman–Crippen LogP) is 2.52. The van der Waals surface area contributed by atoms with Crippen LogP contribution in [0.2, 0.25) is 0 Å². The molecule has 1 aromatic carbocycles. The standard InChI is InChI=1S/C15H21NO3S/c1-10(2)15(11(3)17)16-14(18)9-19-12-5-7-13(20-4)8-6-12/h5-8,10,15H,9H2,1-4H3,(H,16,18). The molecule has 0 saturated carbocycles. The zero-order valence-electron chi connectivity index (χ0n) is 12.3. The van der Waals surface area contributed by atoms with Gasteiger partial charge in [0.2, 0.25) is 0 Å². The van der Waals surface area contributed by atoms with Crippen molar-refractivity contribution in [2.24, 2.45) is 5.92 Å². The minimum absolute atomic E-state index is 0.0438. The Morgan fingerprint density at radius 2 is 1.85 bits per heavy atom. The van der Waals surface area contributed by atoms with Gasteiger partial charge in [0.15, 0.2) is 12.4 Å². The predicted molar refractivity (Wildman–Crippen MR) is 81.2 cm³/mol. The molecule has 1 atom stereocenters. The summed E-state index contributed by atoms with van der Waals surface area (Å²) in [5.41, 5.74) is 0. The van der Waals surface area contributed by atoms with Gasteiger partial charge in [-0.15, -0.1) is 11.8 Å². The largest absolute Gasteiger partial charge is 0.484 e. The van der Waals surface area contributed by atoms with E-state index < -0.39 is 6.04 Å². The number of hydrogen-bond donors (Lipinski definition) is 1. The van der Waals surface area contributed by atoms with Crippen LogP contribution in [-0.2, 0) is 9.59 Å². The van der Waals surface area contributed by atoms with Crippen LogP contribution in [0.1, 0.15) is 20.8 Å². The molecule has 0 aliphatic carbocycles. The number of hydrogen-bond acceptors (Lipinski definition) is 4. The molecule has 4 nitrogen and oxygen atoms in total. The van der Waals surface area contributed by atoms with Crippen LogP contribution in [0.4, 0.5) is 0 Å². The average molecular weight is 295 g/mol. The third-order valence-corrected chi connectivity index (χ3v) is 3.59. The second-order valence-electron chi connectivity index (χ2n) is 4.86. The number of carbonyl (C=O) groups excluding carboxylic acids is 2. The topological polar surface area (TPSA) is 55.4 Å². The van der Waals surface area contributed by atoms with E-state index in [0.29, 0.717) is 5.75 Å². The summed E-state index contributed by atoms with van der Waals surface area (Å²) in [5.74, 6) is 0.379. The first-order chi connectivity index (χ1) is 9.43. The number of ether oxygens (including phenoxy) is 1. The smallest absolute Gasteiger partial charge is 0.258 e. The number of ketones is 1. The molecule has 20 heavy (non-hydrogen) atoms. The van der Waals surface area contributed by atoms with E-state index in [1.54, 1.807) is 11.8 Å². The summed E-state index contributed by atoms with van der Waals surface area (Å²) < 4.78 is 5.40. The summed E-state index contributed by atoms with van der Waals surface area (Å²) >= 11 is 1.64. The Morgan fingerprint density at radius 3 is 2.30 bits per heavy atom. The normalized spacial score (nSPS) is 12.1. The van der Waals surface area contributed by atoms with E-state index >= 15 is 0 Å². The molecule has 1 aromatic rings. The number of benzene rings is 1. The Bertz CT molecular complexity index is 457. The lowest BCUT2D eigenvalue weighted by molar-refractivity contribution is -0.129. The van der Waals surface area contributed by atoms with Crippen molar-refractivity contribution < 1.29 is 14.3 Å². The van der Waals surface area contributed by atoms with Gasteiger partial charge in [-0.05, 0) is 43.4 Å². The monoisotopic (exact) mass is 295 g/mol. The Balaban J connectivity index is 2.47. The van der Waals surface area contributed by atoms with Crippen LogP contribution in [0.25, 0.3) is 0 Å². The molecule has 0 heterocycles. The number of nitrogens with one attached hydrogen (secondary N) is 1. The van der Waals surface area contributed by atoms with E-state index in [4.69, 9.17) is 4.74 Å². The molecule has 0 spiro atoms. The number of carbonyl (C=O) groups is 2. The highest BCUT2D eigenvalue weighted by molar-refractivity contribution is 7.98. The van der Waals surface area contributed by atoms with Gasteiger partial charge in [-0.3, -0.25) is 9.59 Å². The van der Waals surface area contributed by atoms with Crippen LogP contribution in [0.15, 0.2) is 29.2 Å². The molecule has 0 fully saturated rings. The van der Waals surface area contributed by atoms with Gasteiger partial charge in [-0.1, -0.05) is 13.8 Å². The number of amides is 1. The first-order valence-electron chi connectivity index (χ1n) is 6.50. The van der Waals surface area contributed by atoms with Crippen molar-refractivity contribution in [3.63, 3.8) is 0 Å². The maximum absolute atomic E-state index is 11.8. The summed E-state index contributed by atoms with van der Waals surface area (Å²) in [5, 5.41) is 2.69. The van der Waals surface area contributed by atoms with E-state index in [0.717, 1.165) is 4.90 Å². The second-order valence-corrected chi connectivity index (χ2v) is 5.74. The molecule has 1 amide bonds. The summed E-state index contributed by atoms with van der Waals surface area (Å²) in [6, 6.07) is 7.06. The summed E-state index contributed by atoms with van der Waals surface area (Å²) in [7, 11) is 0. The molecule has 1 N–H and O–H groups in total. The zero-order chi connectivity index (χ0) is 15.1.